The van der Waals surface area contributed by atoms with Crippen LogP contribution in [0.15, 0.2) is 24.3 Å². The van der Waals surface area contributed by atoms with E-state index in [0.29, 0.717) is 18.5 Å². The lowest BCUT2D eigenvalue weighted by atomic mass is 10.2. The van der Waals surface area contributed by atoms with Gasteiger partial charge in [-0.3, -0.25) is 15.0 Å². The summed E-state index contributed by atoms with van der Waals surface area (Å²) in [6.07, 6.45) is -0.532. The molecule has 1 aliphatic heterocycles. The number of rotatable bonds is 4. The molecule has 9 nitrogen and oxygen atoms in total. The Labute approximate surface area is 150 Å². The topological polar surface area (TPSA) is 105 Å². The maximum absolute atomic E-state index is 12.3. The molecule has 3 amide bonds. The molecule has 1 aromatic carbocycles. The van der Waals surface area contributed by atoms with Crippen LogP contribution in [0.4, 0.5) is 15.3 Å². The van der Waals surface area contributed by atoms with Crippen LogP contribution in [0, 0.1) is 10.1 Å². The van der Waals surface area contributed by atoms with Crippen molar-refractivity contribution in [3.8, 4) is 0 Å². The molecule has 1 N–H and O–H groups in total. The zero-order chi connectivity index (χ0) is 18.6. The molecular weight excluding hydrogens is 348 g/mol. The Hall–Kier alpha value is -2.49. The van der Waals surface area contributed by atoms with E-state index in [4.69, 9.17) is 4.74 Å². The minimum absolute atomic E-state index is 0.0150. The molecule has 0 unspecified atom stereocenters. The van der Waals surface area contributed by atoms with Crippen LogP contribution in [0.1, 0.15) is 12.0 Å². The van der Waals surface area contributed by atoms with Crippen LogP contribution in [0.3, 0.4) is 0 Å². The van der Waals surface area contributed by atoms with E-state index in [1.54, 1.807) is 14.1 Å². The Kier molecular flexibility index (Phi) is 6.07. The van der Waals surface area contributed by atoms with Crippen molar-refractivity contribution in [2.75, 3.05) is 20.6 Å². The lowest BCUT2D eigenvalue weighted by Crippen LogP contribution is -2.50. The van der Waals surface area contributed by atoms with Crippen LogP contribution >= 0.6 is 12.6 Å². The third kappa shape index (κ3) is 4.99. The molecule has 136 valence electrons. The Morgan fingerprint density at radius 3 is 2.60 bits per heavy atom. The zero-order valence-corrected chi connectivity index (χ0v) is 14.8. The number of nitrogens with one attached hydrogen (secondary N) is 1. The summed E-state index contributed by atoms with van der Waals surface area (Å²) in [7, 11) is 3.22. The maximum atomic E-state index is 12.3. The van der Waals surface area contributed by atoms with Gasteiger partial charge in [0.2, 0.25) is 0 Å². The van der Waals surface area contributed by atoms with Gasteiger partial charge in [-0.1, -0.05) is 0 Å². The second kappa shape index (κ2) is 8.06. The van der Waals surface area contributed by atoms with Crippen LogP contribution in [0.5, 0.6) is 0 Å². The summed E-state index contributed by atoms with van der Waals surface area (Å²) in [5, 5.41) is 13.3. The van der Waals surface area contributed by atoms with Crippen LogP contribution in [0.25, 0.3) is 0 Å². The Morgan fingerprint density at radius 2 is 2.04 bits per heavy atom. The van der Waals surface area contributed by atoms with Gasteiger partial charge in [0.25, 0.3) is 5.69 Å². The lowest BCUT2D eigenvalue weighted by Gasteiger charge is -2.26. The van der Waals surface area contributed by atoms with Crippen molar-refractivity contribution < 1.29 is 19.2 Å². The van der Waals surface area contributed by atoms with Crippen LogP contribution in [-0.2, 0) is 11.3 Å². The van der Waals surface area contributed by atoms with E-state index >= 15 is 0 Å². The van der Waals surface area contributed by atoms with Crippen LogP contribution in [0.2, 0.25) is 0 Å². The fourth-order valence-corrected chi connectivity index (χ4v) is 2.74. The highest BCUT2D eigenvalue weighted by Gasteiger charge is 2.35. The summed E-state index contributed by atoms with van der Waals surface area (Å²) in [6.45, 7) is 0.347. The van der Waals surface area contributed by atoms with Gasteiger partial charge in [0.05, 0.1) is 4.92 Å². The second-order valence-corrected chi connectivity index (χ2v) is 6.61. The number of nitrogens with zero attached hydrogens (tertiary/aromatic N) is 3. The molecular formula is C15H20N4O5S. The number of nitro groups is 1. The van der Waals surface area contributed by atoms with Gasteiger partial charge in [0.1, 0.15) is 12.8 Å². The highest BCUT2D eigenvalue weighted by Crippen LogP contribution is 2.22. The first kappa shape index (κ1) is 18.8. The zero-order valence-electron chi connectivity index (χ0n) is 13.9. The van der Waals surface area contributed by atoms with E-state index in [1.807, 2.05) is 0 Å². The number of ether oxygens (including phenoxy) is 1. The predicted octanol–water partition coefficient (Wildman–Crippen LogP) is 1.83. The van der Waals surface area contributed by atoms with E-state index in [9.17, 15) is 19.7 Å². The van der Waals surface area contributed by atoms with Gasteiger partial charge in [0, 0.05) is 38.0 Å². The van der Waals surface area contributed by atoms with Crippen molar-refractivity contribution >= 4 is 30.4 Å². The standard InChI is InChI=1S/C15H20N4O5S/c1-17(2)14(20)16-13-7-12(25)8-18(13)15(21)24-9-10-3-5-11(6-4-10)19(22)23/h3-6,12-13,25H,7-9H2,1-2H3,(H,16,20)/t12-,13-/m0/s1. The normalized spacial score (nSPS) is 19.4. The van der Waals surface area contributed by atoms with E-state index < -0.39 is 17.2 Å². The molecule has 25 heavy (non-hydrogen) atoms. The summed E-state index contributed by atoms with van der Waals surface area (Å²) in [5.41, 5.74) is 0.605. The molecule has 2 rings (SSSR count). The van der Waals surface area contributed by atoms with Crippen molar-refractivity contribution in [2.24, 2.45) is 0 Å². The molecule has 1 heterocycles. The SMILES string of the molecule is CN(C)C(=O)N[C@@H]1C[C@H](S)CN1C(=O)OCc1ccc([N+](=O)[O-])cc1. The van der Waals surface area contributed by atoms with Gasteiger partial charge < -0.3 is 15.0 Å². The summed E-state index contributed by atoms with van der Waals surface area (Å²) in [4.78, 5) is 37.0. The summed E-state index contributed by atoms with van der Waals surface area (Å²) < 4.78 is 5.25. The summed E-state index contributed by atoms with van der Waals surface area (Å²) >= 11 is 4.37. The highest BCUT2D eigenvalue weighted by molar-refractivity contribution is 7.81. The van der Waals surface area contributed by atoms with E-state index in [2.05, 4.69) is 17.9 Å². The highest BCUT2D eigenvalue weighted by atomic mass is 32.1. The Balaban J connectivity index is 1.93. The predicted molar refractivity (Wildman–Crippen MR) is 93.4 cm³/mol. The molecule has 0 aromatic heterocycles. The van der Waals surface area contributed by atoms with Crippen LogP contribution in [-0.4, -0.2) is 58.9 Å². The average molecular weight is 368 g/mol. The molecule has 0 bridgehead atoms. The first-order valence-corrected chi connectivity index (χ1v) is 8.12. The molecule has 0 aliphatic carbocycles. The van der Waals surface area contributed by atoms with Crippen molar-refractivity contribution in [1.82, 2.24) is 15.1 Å². The van der Waals surface area contributed by atoms with Crippen molar-refractivity contribution in [3.05, 3.63) is 39.9 Å². The molecule has 1 saturated heterocycles. The largest absolute Gasteiger partial charge is 0.444 e. The van der Waals surface area contributed by atoms with Gasteiger partial charge in [-0.05, 0) is 24.1 Å². The smallest absolute Gasteiger partial charge is 0.411 e. The number of carbonyl (C=O) groups excluding carboxylic acids is 2. The van der Waals surface area contributed by atoms with Gasteiger partial charge in [-0.2, -0.15) is 12.6 Å². The van der Waals surface area contributed by atoms with Crippen molar-refractivity contribution in [1.29, 1.82) is 0 Å². The van der Waals surface area contributed by atoms with Gasteiger partial charge in [0.15, 0.2) is 0 Å². The van der Waals surface area contributed by atoms with Gasteiger partial charge in [-0.25, -0.2) is 9.59 Å². The number of thiol groups is 1. The number of urea groups is 1. The molecule has 1 aliphatic rings. The molecule has 0 saturated carbocycles. The number of non-ortho nitro benzene ring substituents is 1. The van der Waals surface area contributed by atoms with Crippen molar-refractivity contribution in [3.63, 3.8) is 0 Å². The minimum Gasteiger partial charge on any atom is -0.444 e. The van der Waals surface area contributed by atoms with Crippen LogP contribution < -0.4 is 5.32 Å². The molecule has 1 aromatic rings. The number of likely N-dealkylation sites (tertiary alicyclic amines) is 1. The third-order valence-corrected chi connectivity index (χ3v) is 4.09. The molecule has 0 spiro atoms. The number of amides is 3. The van der Waals surface area contributed by atoms with E-state index in [0.717, 1.165) is 0 Å². The summed E-state index contributed by atoms with van der Waals surface area (Å²) in [5.74, 6) is 0. The molecule has 1 fully saturated rings. The fourth-order valence-electron chi connectivity index (χ4n) is 2.37. The monoisotopic (exact) mass is 368 g/mol. The number of hydrogen-bond acceptors (Lipinski definition) is 6. The summed E-state index contributed by atoms with van der Waals surface area (Å²) in [6, 6.07) is 5.45. The lowest BCUT2D eigenvalue weighted by molar-refractivity contribution is -0.384. The Bertz CT molecular complexity index is 652. The van der Waals surface area contributed by atoms with E-state index in [1.165, 1.54) is 34.1 Å². The quantitative estimate of drug-likeness (QED) is 0.479. The molecule has 2 atom stereocenters. The molecule has 0 radical (unpaired) electrons. The maximum Gasteiger partial charge on any atom is 0.411 e. The van der Waals surface area contributed by atoms with E-state index in [-0.39, 0.29) is 23.6 Å². The van der Waals surface area contributed by atoms with Gasteiger partial charge >= 0.3 is 12.1 Å². The number of hydrogen-bond donors (Lipinski definition) is 2. The average Bonchev–Trinajstić information content (AvgIpc) is 2.93. The minimum atomic E-state index is -0.570. The van der Waals surface area contributed by atoms with Gasteiger partial charge in [-0.15, -0.1) is 0 Å². The Morgan fingerprint density at radius 1 is 1.40 bits per heavy atom. The first-order valence-electron chi connectivity index (χ1n) is 7.60. The van der Waals surface area contributed by atoms with Crippen molar-refractivity contribution in [2.45, 2.75) is 24.4 Å². The third-order valence-electron chi connectivity index (χ3n) is 3.72. The second-order valence-electron chi connectivity index (χ2n) is 5.88. The number of nitro benzene ring substituents is 1. The fraction of sp³-hybridized carbons (Fsp3) is 0.467. The number of benzene rings is 1. The first-order chi connectivity index (χ1) is 11.8. The number of carbonyl (C=O) groups is 2. The molecule has 10 heteroatoms.